The van der Waals surface area contributed by atoms with Crippen molar-refractivity contribution in [3.8, 4) is 0 Å². The number of aliphatic hydroxyl groups excluding tert-OH is 8. The van der Waals surface area contributed by atoms with E-state index in [9.17, 15) is 50.4 Å². The van der Waals surface area contributed by atoms with E-state index in [1.807, 2.05) is 0 Å². The lowest BCUT2D eigenvalue weighted by Crippen LogP contribution is -2.63. The summed E-state index contributed by atoms with van der Waals surface area (Å²) in [6.07, 6.45) is -16.4. The van der Waals surface area contributed by atoms with Crippen molar-refractivity contribution >= 4 is 11.9 Å². The van der Waals surface area contributed by atoms with Gasteiger partial charge in [-0.25, -0.2) is 0 Å². The predicted molar refractivity (Wildman–Crippen MR) is 156 cm³/mol. The predicted octanol–water partition coefficient (Wildman–Crippen LogP) is -3.02. The quantitative estimate of drug-likeness (QED) is 0.112. The molecule has 8 N–H and O–H groups in total. The zero-order valence-electron chi connectivity index (χ0n) is 27.0. The first-order valence-corrected chi connectivity index (χ1v) is 16.7. The van der Waals surface area contributed by atoms with Crippen molar-refractivity contribution in [3.63, 3.8) is 0 Å². The molecule has 0 aromatic rings. The summed E-state index contributed by atoms with van der Waals surface area (Å²) in [5.41, 5.74) is 0. The third-order valence-corrected chi connectivity index (χ3v) is 10.2. The van der Waals surface area contributed by atoms with E-state index in [1.54, 1.807) is 0 Å². The van der Waals surface area contributed by atoms with Crippen molar-refractivity contribution in [2.75, 3.05) is 13.2 Å². The number of fused-ring (bicyclic) bond motifs is 1. The molecule has 17 heteroatoms. The van der Waals surface area contributed by atoms with Crippen LogP contribution >= 0.6 is 0 Å². The van der Waals surface area contributed by atoms with Gasteiger partial charge in [0.1, 0.15) is 62.0 Å². The molecular weight excluding hydrogens is 644 g/mol. The fraction of sp³-hybridized carbons (Fsp3) is 0.935. The van der Waals surface area contributed by atoms with Gasteiger partial charge in [0.2, 0.25) is 0 Å². The van der Waals surface area contributed by atoms with Crippen LogP contribution in [0.3, 0.4) is 0 Å². The molecule has 2 aliphatic carbocycles. The topological polar surface area (TPSA) is 261 Å². The number of hydrogen-bond donors (Lipinski definition) is 8. The second-order valence-electron chi connectivity index (χ2n) is 13.7. The van der Waals surface area contributed by atoms with Gasteiger partial charge in [-0.1, -0.05) is 0 Å². The van der Waals surface area contributed by atoms with Gasteiger partial charge in [0.05, 0.1) is 36.6 Å². The van der Waals surface area contributed by atoms with Crippen LogP contribution in [0.2, 0.25) is 0 Å². The Bertz CT molecular complexity index is 1070. The highest BCUT2D eigenvalue weighted by molar-refractivity contribution is 5.66. The van der Waals surface area contributed by atoms with E-state index in [0.717, 1.165) is 0 Å². The maximum atomic E-state index is 11.4. The number of carbonyl (C=O) groups excluding carboxylic acids is 2. The Morgan fingerprint density at radius 2 is 1.08 bits per heavy atom. The molecule has 0 aromatic carbocycles. The molecule has 0 aromatic heterocycles. The van der Waals surface area contributed by atoms with Crippen LogP contribution in [-0.4, -0.2) is 164 Å². The summed E-state index contributed by atoms with van der Waals surface area (Å²) < 4.78 is 40.6. The van der Waals surface area contributed by atoms with Crippen LogP contribution in [0, 0.1) is 11.8 Å². The fourth-order valence-electron chi connectivity index (χ4n) is 7.58. The number of aliphatic hydroxyl groups is 8. The molecule has 6 unspecified atom stereocenters. The number of ether oxygens (including phenoxy) is 7. The minimum absolute atomic E-state index is 0.0759. The molecular formula is C31H50O17. The molecule has 276 valence electrons. The Morgan fingerprint density at radius 1 is 0.583 bits per heavy atom. The van der Waals surface area contributed by atoms with Gasteiger partial charge in [-0.15, -0.1) is 0 Å². The standard InChI is InChI=1S/C31H50O17/c1-12(32)42-10-21-23(36)25(38)27(40)30(47-21)45-19-8-16(35)7-18-17(19)9-20(29(44-18)14-3-5-15(34)6-4-14)46-31-28(41)26(39)24(37)22(48-31)11-43-13(2)33/h14-31,34-41H,3-11H2,1-2H3/t14?,15?,16?,17?,18?,19?,20?,21-,22-,23-,24-,25+,26+,27-,28-,29?,30-,31-/m1/s1. The molecule has 2 saturated carbocycles. The van der Waals surface area contributed by atoms with Crippen LogP contribution in [0.15, 0.2) is 0 Å². The van der Waals surface area contributed by atoms with Crippen LogP contribution in [0.5, 0.6) is 0 Å². The minimum atomic E-state index is -1.69. The summed E-state index contributed by atoms with van der Waals surface area (Å²) >= 11 is 0. The Kier molecular flexibility index (Phi) is 12.7. The fourth-order valence-corrected chi connectivity index (χ4v) is 7.58. The van der Waals surface area contributed by atoms with E-state index in [-0.39, 0.29) is 25.2 Å². The number of carbonyl (C=O) groups is 2. The van der Waals surface area contributed by atoms with Gasteiger partial charge < -0.3 is 74.0 Å². The van der Waals surface area contributed by atoms with E-state index in [0.29, 0.717) is 25.7 Å². The molecule has 3 saturated heterocycles. The summed E-state index contributed by atoms with van der Waals surface area (Å²) in [4.78, 5) is 22.8. The molecule has 16 atom stereocenters. The van der Waals surface area contributed by atoms with Crippen LogP contribution in [0.4, 0.5) is 0 Å². The van der Waals surface area contributed by atoms with Crippen molar-refractivity contribution in [1.29, 1.82) is 0 Å². The molecule has 0 spiro atoms. The largest absolute Gasteiger partial charge is 0.463 e. The second kappa shape index (κ2) is 16.2. The highest BCUT2D eigenvalue weighted by Crippen LogP contribution is 2.45. The zero-order valence-corrected chi connectivity index (χ0v) is 27.0. The molecule has 3 aliphatic heterocycles. The van der Waals surface area contributed by atoms with Gasteiger partial charge in [-0.05, 0) is 44.4 Å². The Morgan fingerprint density at radius 3 is 1.58 bits per heavy atom. The lowest BCUT2D eigenvalue weighted by molar-refractivity contribution is -0.344. The monoisotopic (exact) mass is 694 g/mol. The first-order valence-electron chi connectivity index (χ1n) is 16.7. The molecule has 0 amide bonds. The van der Waals surface area contributed by atoms with Gasteiger partial charge in [0, 0.05) is 26.2 Å². The average Bonchev–Trinajstić information content (AvgIpc) is 3.04. The lowest BCUT2D eigenvalue weighted by atomic mass is 9.73. The van der Waals surface area contributed by atoms with Crippen LogP contribution in [0.25, 0.3) is 0 Å². The Labute approximate surface area is 277 Å². The summed E-state index contributed by atoms with van der Waals surface area (Å²) in [7, 11) is 0. The van der Waals surface area contributed by atoms with Crippen LogP contribution in [0.1, 0.15) is 58.8 Å². The van der Waals surface area contributed by atoms with Crippen molar-refractivity contribution in [2.24, 2.45) is 11.8 Å². The van der Waals surface area contributed by atoms with Crippen molar-refractivity contribution in [1.82, 2.24) is 0 Å². The smallest absolute Gasteiger partial charge is 0.302 e. The number of hydrogen-bond acceptors (Lipinski definition) is 17. The second-order valence-corrected chi connectivity index (χ2v) is 13.7. The third kappa shape index (κ3) is 8.65. The van der Waals surface area contributed by atoms with Gasteiger partial charge in [0.15, 0.2) is 12.6 Å². The number of esters is 2. The first-order chi connectivity index (χ1) is 22.7. The summed E-state index contributed by atoms with van der Waals surface area (Å²) in [5.74, 6) is -1.83. The normalized spacial score (nSPS) is 48.3. The van der Waals surface area contributed by atoms with E-state index in [1.165, 1.54) is 13.8 Å². The van der Waals surface area contributed by atoms with Crippen molar-refractivity contribution < 1.29 is 83.6 Å². The summed E-state index contributed by atoms with van der Waals surface area (Å²) in [6.45, 7) is 1.55. The maximum Gasteiger partial charge on any atom is 0.302 e. The highest BCUT2D eigenvalue weighted by atomic mass is 16.7. The lowest BCUT2D eigenvalue weighted by Gasteiger charge is -2.52. The van der Waals surface area contributed by atoms with Crippen LogP contribution in [-0.2, 0) is 42.7 Å². The molecule has 0 radical (unpaired) electrons. The van der Waals surface area contributed by atoms with Crippen molar-refractivity contribution in [2.45, 2.75) is 157 Å². The third-order valence-electron chi connectivity index (χ3n) is 10.2. The molecule has 5 aliphatic rings. The van der Waals surface area contributed by atoms with E-state index < -0.39 is 129 Å². The van der Waals surface area contributed by atoms with E-state index in [4.69, 9.17) is 33.2 Å². The molecule has 48 heavy (non-hydrogen) atoms. The first kappa shape index (κ1) is 37.7. The Balaban J connectivity index is 1.36. The van der Waals surface area contributed by atoms with Gasteiger partial charge in [0.25, 0.3) is 0 Å². The minimum Gasteiger partial charge on any atom is -0.463 e. The maximum absolute atomic E-state index is 11.4. The molecule has 5 rings (SSSR count). The van der Waals surface area contributed by atoms with Crippen molar-refractivity contribution in [3.05, 3.63) is 0 Å². The molecule has 3 heterocycles. The molecule has 17 nitrogen and oxygen atoms in total. The van der Waals surface area contributed by atoms with Crippen LogP contribution < -0.4 is 0 Å². The van der Waals surface area contributed by atoms with Gasteiger partial charge in [-0.3, -0.25) is 9.59 Å². The molecule has 5 fully saturated rings. The summed E-state index contributed by atoms with van der Waals surface area (Å²) in [6, 6.07) is 0. The highest BCUT2D eigenvalue weighted by Gasteiger charge is 2.54. The number of rotatable bonds is 9. The van der Waals surface area contributed by atoms with E-state index >= 15 is 0 Å². The average molecular weight is 695 g/mol. The SMILES string of the molecule is CC(=O)OC[C@H]1O[C@@H](OC2CC(O)CC3OC(C4CCC(O)CC4)C(O[C@@H]4O[C@H](COC(C)=O)[C@@H](O)[C@H](O)[C@H]4O)CC32)[C@H](O)[C@@H](O)[C@@H]1O. The van der Waals surface area contributed by atoms with Gasteiger partial charge >= 0.3 is 11.9 Å². The van der Waals surface area contributed by atoms with E-state index in [2.05, 4.69) is 0 Å². The molecule has 0 bridgehead atoms. The summed E-state index contributed by atoms with van der Waals surface area (Å²) in [5, 5.41) is 84.6. The zero-order chi connectivity index (χ0) is 34.9. The Hall–Kier alpha value is -1.58. The van der Waals surface area contributed by atoms with Gasteiger partial charge in [-0.2, -0.15) is 0 Å².